The fraction of sp³-hybridized carbons (Fsp3) is 0.577. The average Bonchev–Trinajstić information content (AvgIpc) is 3.47. The van der Waals surface area contributed by atoms with Gasteiger partial charge >= 0.3 is 5.97 Å². The summed E-state index contributed by atoms with van der Waals surface area (Å²) < 4.78 is 22.8. The van der Waals surface area contributed by atoms with Crippen LogP contribution in [0.2, 0.25) is 0 Å². The van der Waals surface area contributed by atoms with Crippen LogP contribution < -0.4 is 4.74 Å². The SMILES string of the molecule is COc1ccc(/C=C/C(=O)O[C@@H]2CC[C@](O)(CCl)[C@@H]([C@]3(C)O[C@H]3CC=C(C)C)[C@@H]2OC)cc1. The molecule has 0 unspecified atom stereocenters. The molecule has 0 amide bonds. The molecule has 0 aromatic heterocycles. The zero-order valence-electron chi connectivity index (χ0n) is 20.0. The minimum Gasteiger partial charge on any atom is -0.497 e. The quantitative estimate of drug-likeness (QED) is 0.185. The summed E-state index contributed by atoms with van der Waals surface area (Å²) in [6.07, 6.45) is 5.72. The van der Waals surface area contributed by atoms with Crippen molar-refractivity contribution in [1.29, 1.82) is 0 Å². The van der Waals surface area contributed by atoms with Gasteiger partial charge in [0.15, 0.2) is 0 Å². The van der Waals surface area contributed by atoms with Crippen LogP contribution in [0.25, 0.3) is 6.08 Å². The average molecular weight is 479 g/mol. The number of ether oxygens (including phenoxy) is 4. The van der Waals surface area contributed by atoms with E-state index < -0.39 is 35.3 Å². The highest BCUT2D eigenvalue weighted by Crippen LogP contribution is 2.54. The Kier molecular flexibility index (Phi) is 8.27. The van der Waals surface area contributed by atoms with Gasteiger partial charge in [-0.05, 0) is 63.8 Å². The molecule has 6 nitrogen and oxygen atoms in total. The largest absolute Gasteiger partial charge is 0.497 e. The summed E-state index contributed by atoms with van der Waals surface area (Å²) in [6.45, 7) is 6.07. The Morgan fingerprint density at radius 1 is 1.27 bits per heavy atom. The van der Waals surface area contributed by atoms with Crippen molar-refractivity contribution >= 4 is 23.6 Å². The molecule has 1 saturated carbocycles. The molecule has 33 heavy (non-hydrogen) atoms. The monoisotopic (exact) mass is 478 g/mol. The first-order valence-corrected chi connectivity index (χ1v) is 11.9. The first-order valence-electron chi connectivity index (χ1n) is 11.3. The van der Waals surface area contributed by atoms with Crippen molar-refractivity contribution in [2.24, 2.45) is 5.92 Å². The lowest BCUT2D eigenvalue weighted by Gasteiger charge is -2.48. The van der Waals surface area contributed by atoms with E-state index in [1.807, 2.05) is 45.0 Å². The molecule has 3 rings (SSSR count). The Labute approximate surface area is 201 Å². The van der Waals surface area contributed by atoms with Gasteiger partial charge < -0.3 is 24.1 Å². The predicted molar refractivity (Wildman–Crippen MR) is 128 cm³/mol. The van der Waals surface area contributed by atoms with E-state index in [0.29, 0.717) is 12.8 Å². The normalized spacial score (nSPS) is 33.5. The maximum Gasteiger partial charge on any atom is 0.331 e. The molecule has 2 fully saturated rings. The maximum absolute atomic E-state index is 12.6. The summed E-state index contributed by atoms with van der Waals surface area (Å²) in [7, 11) is 3.18. The van der Waals surface area contributed by atoms with Crippen LogP contribution in [0.4, 0.5) is 0 Å². The van der Waals surface area contributed by atoms with Crippen LogP contribution in [-0.4, -0.2) is 60.7 Å². The van der Waals surface area contributed by atoms with Crippen molar-refractivity contribution in [3.05, 3.63) is 47.6 Å². The lowest BCUT2D eigenvalue weighted by molar-refractivity contribution is -0.189. The fourth-order valence-electron chi connectivity index (χ4n) is 4.89. The lowest BCUT2D eigenvalue weighted by Crippen LogP contribution is -2.61. The highest BCUT2D eigenvalue weighted by molar-refractivity contribution is 6.18. The Bertz CT molecular complexity index is 877. The highest BCUT2D eigenvalue weighted by Gasteiger charge is 2.67. The third-order valence-corrected chi connectivity index (χ3v) is 7.23. The predicted octanol–water partition coefficient (Wildman–Crippen LogP) is 4.53. The second-order valence-electron chi connectivity index (χ2n) is 9.34. The molecule has 7 heteroatoms. The molecule has 1 aromatic carbocycles. The molecular weight excluding hydrogens is 444 g/mol. The van der Waals surface area contributed by atoms with Crippen LogP contribution in [0.15, 0.2) is 42.0 Å². The summed E-state index contributed by atoms with van der Waals surface area (Å²) in [5.74, 6) is -0.0865. The summed E-state index contributed by atoms with van der Waals surface area (Å²) in [5, 5.41) is 11.4. The van der Waals surface area contributed by atoms with E-state index >= 15 is 0 Å². The Morgan fingerprint density at radius 2 is 1.97 bits per heavy atom. The van der Waals surface area contributed by atoms with Crippen molar-refractivity contribution in [2.75, 3.05) is 20.1 Å². The molecule has 1 saturated heterocycles. The van der Waals surface area contributed by atoms with E-state index in [-0.39, 0.29) is 12.0 Å². The Balaban J connectivity index is 1.73. The van der Waals surface area contributed by atoms with Crippen molar-refractivity contribution in [2.45, 2.75) is 69.5 Å². The fourth-order valence-corrected chi connectivity index (χ4v) is 5.19. The van der Waals surface area contributed by atoms with E-state index in [1.165, 1.54) is 11.6 Å². The molecule has 0 radical (unpaired) electrons. The van der Waals surface area contributed by atoms with Crippen LogP contribution in [-0.2, 0) is 19.0 Å². The number of carbonyl (C=O) groups excluding carboxylic acids is 1. The van der Waals surface area contributed by atoms with Crippen LogP contribution in [0.1, 0.15) is 45.6 Å². The van der Waals surface area contributed by atoms with E-state index in [0.717, 1.165) is 17.7 Å². The first kappa shape index (κ1) is 25.8. The Morgan fingerprint density at radius 3 is 2.55 bits per heavy atom. The highest BCUT2D eigenvalue weighted by atomic mass is 35.5. The number of aliphatic hydroxyl groups is 1. The molecule has 182 valence electrons. The number of rotatable bonds is 9. The molecule has 0 spiro atoms. The minimum absolute atomic E-state index is 0.0470. The summed E-state index contributed by atoms with van der Waals surface area (Å²) in [6, 6.07) is 7.37. The van der Waals surface area contributed by atoms with Gasteiger partial charge in [0.05, 0.1) is 30.6 Å². The third kappa shape index (κ3) is 5.80. The molecule has 6 atom stereocenters. The number of esters is 1. The maximum atomic E-state index is 12.6. The van der Waals surface area contributed by atoms with Crippen molar-refractivity contribution in [3.8, 4) is 5.75 Å². The molecule has 2 aliphatic rings. The van der Waals surface area contributed by atoms with Gasteiger partial charge in [0.25, 0.3) is 0 Å². The van der Waals surface area contributed by atoms with Gasteiger partial charge in [-0.25, -0.2) is 4.79 Å². The van der Waals surface area contributed by atoms with Gasteiger partial charge in [0, 0.05) is 13.2 Å². The lowest BCUT2D eigenvalue weighted by atomic mass is 9.66. The second kappa shape index (κ2) is 10.6. The van der Waals surface area contributed by atoms with Gasteiger partial charge in [-0.15, -0.1) is 11.6 Å². The van der Waals surface area contributed by atoms with E-state index in [1.54, 1.807) is 20.3 Å². The van der Waals surface area contributed by atoms with E-state index in [4.69, 9.17) is 30.5 Å². The molecule has 1 heterocycles. The Hall–Kier alpha value is -1.86. The van der Waals surface area contributed by atoms with Gasteiger partial charge in [-0.1, -0.05) is 23.8 Å². The van der Waals surface area contributed by atoms with Crippen LogP contribution >= 0.6 is 11.6 Å². The summed E-state index contributed by atoms with van der Waals surface area (Å²) in [5.41, 5.74) is 0.289. The van der Waals surface area contributed by atoms with Crippen LogP contribution in [0, 0.1) is 5.92 Å². The van der Waals surface area contributed by atoms with Crippen molar-refractivity contribution in [3.63, 3.8) is 0 Å². The van der Waals surface area contributed by atoms with Crippen LogP contribution in [0.3, 0.4) is 0 Å². The number of methoxy groups -OCH3 is 2. The van der Waals surface area contributed by atoms with E-state index in [2.05, 4.69) is 6.08 Å². The number of benzene rings is 1. The standard InChI is InChI=1S/C26H35ClO6/c1-17(2)6-12-21-25(3,33-21)24-23(31-5)20(14-15-26(24,29)16-27)32-22(28)13-9-18-7-10-19(30-4)11-8-18/h6-11,13,20-21,23-24,29H,12,14-16H2,1-5H3/b13-9+/t20-,21+,23-,24-,25-,26+/m1/s1. The molecule has 1 aliphatic carbocycles. The molecule has 1 N–H and O–H groups in total. The molecule has 1 aliphatic heterocycles. The van der Waals surface area contributed by atoms with Gasteiger partial charge in [0.2, 0.25) is 0 Å². The summed E-state index contributed by atoms with van der Waals surface area (Å²) in [4.78, 5) is 12.6. The molecule has 0 bridgehead atoms. The number of hydrogen-bond donors (Lipinski definition) is 1. The van der Waals surface area contributed by atoms with Crippen LogP contribution in [0.5, 0.6) is 5.75 Å². The third-order valence-electron chi connectivity index (χ3n) is 6.77. The number of halogens is 1. The number of allylic oxidation sites excluding steroid dienone is 1. The minimum atomic E-state index is -1.17. The number of epoxide rings is 1. The van der Waals surface area contributed by atoms with Crippen molar-refractivity contribution in [1.82, 2.24) is 0 Å². The first-order chi connectivity index (χ1) is 15.7. The van der Waals surface area contributed by atoms with Gasteiger partial charge in [-0.2, -0.15) is 0 Å². The number of alkyl halides is 1. The summed E-state index contributed by atoms with van der Waals surface area (Å²) >= 11 is 6.24. The smallest absolute Gasteiger partial charge is 0.331 e. The van der Waals surface area contributed by atoms with Gasteiger partial charge in [0.1, 0.15) is 23.6 Å². The zero-order valence-corrected chi connectivity index (χ0v) is 20.8. The number of carbonyl (C=O) groups is 1. The van der Waals surface area contributed by atoms with Gasteiger partial charge in [-0.3, -0.25) is 0 Å². The number of hydrogen-bond acceptors (Lipinski definition) is 6. The topological polar surface area (TPSA) is 77.5 Å². The second-order valence-corrected chi connectivity index (χ2v) is 9.61. The van der Waals surface area contributed by atoms with E-state index in [9.17, 15) is 9.90 Å². The zero-order chi connectivity index (χ0) is 24.2. The molecule has 1 aromatic rings. The molecular formula is C26H35ClO6. The van der Waals surface area contributed by atoms with Crippen molar-refractivity contribution < 1.29 is 28.8 Å².